The average molecular weight is 500 g/mol. The maximum atomic E-state index is 12.3. The molecule has 0 saturated heterocycles. The van der Waals surface area contributed by atoms with Crippen molar-refractivity contribution in [1.82, 2.24) is 25.5 Å². The summed E-state index contributed by atoms with van der Waals surface area (Å²) in [4.78, 5) is 58.4. The fourth-order valence-corrected chi connectivity index (χ4v) is 3.54. The molecule has 0 aliphatic heterocycles. The number of nitrogen functional groups attached to an aromatic ring is 2. The summed E-state index contributed by atoms with van der Waals surface area (Å²) in [7, 11) is 0. The molecular formula is C18H26ClN9O6. The minimum atomic E-state index is -1.23. The van der Waals surface area contributed by atoms with Crippen LogP contribution in [0.15, 0.2) is 4.99 Å². The number of carboxylic acid groups (broad SMARTS) is 2. The minimum Gasteiger partial charge on any atom is -0.480 e. The summed E-state index contributed by atoms with van der Waals surface area (Å²) in [5.41, 5.74) is 16.6. The van der Waals surface area contributed by atoms with E-state index in [4.69, 9.17) is 39.0 Å². The molecular weight excluding hydrogens is 474 g/mol. The SMILES string of the molecule is N/C(=N\C(=O)c1nc(Cl)c(N)nc1N)N[C@H]1CC[C@H](NC(=O)CN(CC(=O)O)CC(=O)O)CC1. The Labute approximate surface area is 198 Å². The van der Waals surface area contributed by atoms with Crippen molar-refractivity contribution in [2.75, 3.05) is 31.1 Å². The quantitative estimate of drug-likeness (QED) is 0.147. The molecule has 0 atom stereocenters. The Morgan fingerprint density at radius 2 is 1.47 bits per heavy atom. The number of nitrogens with two attached hydrogens (primary N) is 3. The molecule has 0 radical (unpaired) electrons. The molecule has 0 bridgehead atoms. The number of hydrogen-bond donors (Lipinski definition) is 7. The predicted octanol–water partition coefficient (Wildman–Crippen LogP) is -1.76. The van der Waals surface area contributed by atoms with Gasteiger partial charge in [0.25, 0.3) is 0 Å². The van der Waals surface area contributed by atoms with Gasteiger partial charge in [0.05, 0.1) is 19.6 Å². The summed E-state index contributed by atoms with van der Waals surface area (Å²) in [5, 5.41) is 23.2. The van der Waals surface area contributed by atoms with Crippen LogP contribution in [-0.2, 0) is 14.4 Å². The number of hydrogen-bond acceptors (Lipinski definition) is 9. The Balaban J connectivity index is 1.83. The number of nitrogens with zero attached hydrogens (tertiary/aromatic N) is 4. The van der Waals surface area contributed by atoms with Crippen molar-refractivity contribution < 1.29 is 29.4 Å². The molecule has 1 aromatic rings. The van der Waals surface area contributed by atoms with Crippen LogP contribution in [0.25, 0.3) is 0 Å². The molecule has 34 heavy (non-hydrogen) atoms. The third-order valence-corrected chi connectivity index (χ3v) is 5.14. The van der Waals surface area contributed by atoms with Crippen molar-refractivity contribution in [3.63, 3.8) is 0 Å². The number of halogens is 1. The van der Waals surface area contributed by atoms with Crippen molar-refractivity contribution in [3.05, 3.63) is 10.8 Å². The highest BCUT2D eigenvalue weighted by atomic mass is 35.5. The van der Waals surface area contributed by atoms with E-state index in [1.165, 1.54) is 0 Å². The van der Waals surface area contributed by atoms with Gasteiger partial charge in [0.15, 0.2) is 28.4 Å². The summed E-state index contributed by atoms with van der Waals surface area (Å²) in [6.45, 7) is -1.47. The van der Waals surface area contributed by atoms with E-state index in [-0.39, 0.29) is 47.1 Å². The van der Waals surface area contributed by atoms with Crippen LogP contribution >= 0.6 is 11.6 Å². The van der Waals surface area contributed by atoms with Gasteiger partial charge in [-0.15, -0.1) is 0 Å². The van der Waals surface area contributed by atoms with Crippen LogP contribution in [0.5, 0.6) is 0 Å². The number of aliphatic imine (C=N–C) groups is 1. The number of amides is 2. The standard InChI is InChI=1S/C18H26ClN9O6/c19-14-16(21)26-15(20)13(25-14)17(34)27-18(22)24-9-3-1-8(2-4-9)23-10(29)5-28(6-11(30)31)7-12(32)33/h8-9H,1-7H2,(H,23,29)(H,30,31)(H,32,33)(H4,20,21,26)(H3,22,24,27,34)/t8-,9-. The second-order valence-corrected chi connectivity index (χ2v) is 7.99. The van der Waals surface area contributed by atoms with Gasteiger partial charge in [-0.1, -0.05) is 11.6 Å². The molecule has 0 unspecified atom stereocenters. The Kier molecular flexibility index (Phi) is 9.32. The van der Waals surface area contributed by atoms with Crippen molar-refractivity contribution in [2.45, 2.75) is 37.8 Å². The average Bonchev–Trinajstić information content (AvgIpc) is 2.70. The van der Waals surface area contributed by atoms with E-state index in [0.717, 1.165) is 4.90 Å². The zero-order valence-corrected chi connectivity index (χ0v) is 18.8. The molecule has 10 N–H and O–H groups in total. The maximum absolute atomic E-state index is 12.3. The number of rotatable bonds is 9. The zero-order valence-electron chi connectivity index (χ0n) is 18.0. The van der Waals surface area contributed by atoms with E-state index in [0.29, 0.717) is 25.7 Å². The van der Waals surface area contributed by atoms with Gasteiger partial charge in [-0.05, 0) is 25.7 Å². The van der Waals surface area contributed by atoms with Gasteiger partial charge < -0.3 is 38.0 Å². The Morgan fingerprint density at radius 1 is 0.941 bits per heavy atom. The Morgan fingerprint density at radius 3 is 2.00 bits per heavy atom. The van der Waals surface area contributed by atoms with Crippen LogP contribution in [0.4, 0.5) is 11.6 Å². The molecule has 2 rings (SSSR count). The van der Waals surface area contributed by atoms with E-state index < -0.39 is 36.8 Å². The summed E-state index contributed by atoms with van der Waals surface area (Å²) in [5.74, 6) is -4.27. The number of carbonyl (C=O) groups excluding carboxylic acids is 2. The molecule has 16 heteroatoms. The topological polar surface area (TPSA) is 252 Å². The molecule has 186 valence electrons. The van der Waals surface area contributed by atoms with Gasteiger partial charge in [0.1, 0.15) is 0 Å². The number of nitrogens with one attached hydrogen (secondary N) is 2. The highest BCUT2D eigenvalue weighted by Crippen LogP contribution is 2.19. The number of aromatic nitrogens is 2. The lowest BCUT2D eigenvalue weighted by Gasteiger charge is -2.30. The second-order valence-electron chi connectivity index (χ2n) is 7.63. The van der Waals surface area contributed by atoms with Gasteiger partial charge in [-0.25, -0.2) is 9.97 Å². The molecule has 0 spiro atoms. The monoisotopic (exact) mass is 499 g/mol. The molecule has 1 aromatic heterocycles. The molecule has 1 saturated carbocycles. The number of carbonyl (C=O) groups is 4. The first-order valence-corrected chi connectivity index (χ1v) is 10.5. The molecule has 1 fully saturated rings. The number of guanidine groups is 1. The number of aliphatic carboxylic acids is 2. The molecule has 15 nitrogen and oxygen atoms in total. The molecule has 0 aromatic carbocycles. The normalized spacial score (nSPS) is 18.4. The fraction of sp³-hybridized carbons (Fsp3) is 0.500. The molecule has 1 aliphatic carbocycles. The third-order valence-electron chi connectivity index (χ3n) is 4.86. The minimum absolute atomic E-state index is 0.112. The van der Waals surface area contributed by atoms with Crippen LogP contribution in [0.3, 0.4) is 0 Å². The van der Waals surface area contributed by atoms with Crippen LogP contribution in [0.2, 0.25) is 5.15 Å². The highest BCUT2D eigenvalue weighted by Gasteiger charge is 2.25. The van der Waals surface area contributed by atoms with Crippen molar-refractivity contribution in [2.24, 2.45) is 10.7 Å². The molecule has 1 aliphatic rings. The predicted molar refractivity (Wildman–Crippen MR) is 121 cm³/mol. The summed E-state index contributed by atoms with van der Waals surface area (Å²) in [6.07, 6.45) is 2.35. The van der Waals surface area contributed by atoms with Gasteiger partial charge in [0.2, 0.25) is 5.91 Å². The lowest BCUT2D eigenvalue weighted by molar-refractivity contribution is -0.142. The Hall–Kier alpha value is -3.72. The first kappa shape index (κ1) is 26.5. The van der Waals surface area contributed by atoms with Gasteiger partial charge in [-0.3, -0.25) is 24.1 Å². The van der Waals surface area contributed by atoms with E-state index >= 15 is 0 Å². The smallest absolute Gasteiger partial charge is 0.317 e. The third kappa shape index (κ3) is 8.32. The van der Waals surface area contributed by atoms with E-state index in [9.17, 15) is 19.2 Å². The maximum Gasteiger partial charge on any atom is 0.317 e. The van der Waals surface area contributed by atoms with Gasteiger partial charge in [-0.2, -0.15) is 4.99 Å². The van der Waals surface area contributed by atoms with Crippen molar-refractivity contribution in [3.8, 4) is 0 Å². The Bertz CT molecular complexity index is 965. The largest absolute Gasteiger partial charge is 0.480 e. The fourth-order valence-electron chi connectivity index (χ4n) is 3.41. The second kappa shape index (κ2) is 11.9. The van der Waals surface area contributed by atoms with Crippen molar-refractivity contribution >= 4 is 52.9 Å². The molecule has 1 heterocycles. The van der Waals surface area contributed by atoms with Gasteiger partial charge in [0, 0.05) is 12.1 Å². The molecule has 2 amide bonds. The van der Waals surface area contributed by atoms with Gasteiger partial charge >= 0.3 is 17.8 Å². The van der Waals surface area contributed by atoms with Crippen LogP contribution in [0.1, 0.15) is 36.2 Å². The lowest BCUT2D eigenvalue weighted by Crippen LogP contribution is -2.48. The van der Waals surface area contributed by atoms with E-state index in [1.807, 2.05) is 0 Å². The zero-order chi connectivity index (χ0) is 25.4. The summed E-state index contributed by atoms with van der Waals surface area (Å²) < 4.78 is 0. The summed E-state index contributed by atoms with van der Waals surface area (Å²) >= 11 is 5.76. The number of anilines is 2. The number of carboxylic acids is 2. The van der Waals surface area contributed by atoms with Crippen LogP contribution in [0, 0.1) is 0 Å². The van der Waals surface area contributed by atoms with Crippen LogP contribution in [-0.4, -0.2) is 86.5 Å². The first-order chi connectivity index (χ1) is 15.9. The van der Waals surface area contributed by atoms with E-state index in [2.05, 4.69) is 25.6 Å². The lowest BCUT2D eigenvalue weighted by atomic mass is 9.91. The first-order valence-electron chi connectivity index (χ1n) is 10.1. The highest BCUT2D eigenvalue weighted by molar-refractivity contribution is 6.31. The van der Waals surface area contributed by atoms with Crippen LogP contribution < -0.4 is 27.8 Å². The van der Waals surface area contributed by atoms with E-state index in [1.54, 1.807) is 0 Å². The summed E-state index contributed by atoms with van der Waals surface area (Å²) in [6, 6.07) is -0.285. The van der Waals surface area contributed by atoms with Crippen molar-refractivity contribution in [1.29, 1.82) is 0 Å².